The number of anilines is 1. The molecule has 6 nitrogen and oxygen atoms in total. The molecule has 2 aromatic rings. The van der Waals surface area contributed by atoms with Crippen LogP contribution in [0.4, 0.5) is 5.69 Å². The first-order valence-corrected chi connectivity index (χ1v) is 7.43. The summed E-state index contributed by atoms with van der Waals surface area (Å²) in [4.78, 5) is 0. The minimum atomic E-state index is -0.349. The highest BCUT2D eigenvalue weighted by Gasteiger charge is 2.27. The van der Waals surface area contributed by atoms with Crippen molar-refractivity contribution in [2.45, 2.75) is 44.9 Å². The third-order valence-corrected chi connectivity index (χ3v) is 4.02. The van der Waals surface area contributed by atoms with E-state index in [1.165, 1.54) is 19.3 Å². The quantitative estimate of drug-likeness (QED) is 0.854. The van der Waals surface area contributed by atoms with Crippen LogP contribution >= 0.6 is 0 Å². The Morgan fingerprint density at radius 3 is 3.00 bits per heavy atom. The number of benzene rings is 1. The first-order valence-electron chi connectivity index (χ1n) is 7.43. The Morgan fingerprint density at radius 2 is 2.05 bits per heavy atom. The molecule has 1 aromatic heterocycles. The van der Waals surface area contributed by atoms with Crippen molar-refractivity contribution in [3.8, 4) is 11.5 Å². The molecule has 2 aliphatic rings. The number of rotatable bonds is 2. The van der Waals surface area contributed by atoms with Crippen molar-refractivity contribution in [3.63, 3.8) is 0 Å². The van der Waals surface area contributed by atoms with Crippen LogP contribution < -0.4 is 15.2 Å². The molecule has 1 aromatic carbocycles. The summed E-state index contributed by atoms with van der Waals surface area (Å²) in [6.45, 7) is 0.990. The van der Waals surface area contributed by atoms with Crippen LogP contribution in [0.5, 0.6) is 11.5 Å². The Morgan fingerprint density at radius 1 is 1.14 bits per heavy atom. The summed E-state index contributed by atoms with van der Waals surface area (Å²) in [6, 6.07) is 5.45. The van der Waals surface area contributed by atoms with Gasteiger partial charge in [-0.1, -0.05) is 6.42 Å². The highest BCUT2D eigenvalue weighted by atomic mass is 16.7. The predicted molar refractivity (Wildman–Crippen MR) is 77.2 cm³/mol. The number of ether oxygens (including phenoxy) is 2. The van der Waals surface area contributed by atoms with Gasteiger partial charge >= 0.3 is 0 Å². The van der Waals surface area contributed by atoms with E-state index < -0.39 is 0 Å². The lowest BCUT2D eigenvalue weighted by Gasteiger charge is -2.11. The average molecular weight is 286 g/mol. The molecule has 0 radical (unpaired) electrons. The van der Waals surface area contributed by atoms with Gasteiger partial charge in [-0.2, -0.15) is 0 Å². The highest BCUT2D eigenvalue weighted by Crippen LogP contribution is 2.36. The Hall–Kier alpha value is -2.24. The molecule has 1 unspecified atom stereocenters. The summed E-state index contributed by atoms with van der Waals surface area (Å²) >= 11 is 0. The fourth-order valence-electron chi connectivity index (χ4n) is 2.95. The number of hydrogen-bond donors (Lipinski definition) is 1. The summed E-state index contributed by atoms with van der Waals surface area (Å²) < 4.78 is 13.8. The minimum Gasteiger partial charge on any atom is -0.451 e. The van der Waals surface area contributed by atoms with E-state index in [9.17, 15) is 0 Å². The first kappa shape index (κ1) is 12.5. The SMILES string of the molecule is Nc1ccc2c(c1)OC(Cc1nnc3n1CCCCC3)O2. The molecule has 0 saturated heterocycles. The number of nitrogens with two attached hydrogens (primary N) is 1. The van der Waals surface area contributed by atoms with Crippen molar-refractivity contribution in [2.75, 3.05) is 5.73 Å². The monoisotopic (exact) mass is 286 g/mol. The van der Waals surface area contributed by atoms with Crippen LogP contribution in [0.1, 0.15) is 30.9 Å². The van der Waals surface area contributed by atoms with Gasteiger partial charge in [0.1, 0.15) is 11.6 Å². The maximum absolute atomic E-state index is 5.80. The zero-order chi connectivity index (χ0) is 14.2. The predicted octanol–water partition coefficient (Wildman–Crippen LogP) is 1.93. The maximum Gasteiger partial charge on any atom is 0.248 e. The van der Waals surface area contributed by atoms with Crippen molar-refractivity contribution in [1.82, 2.24) is 14.8 Å². The largest absolute Gasteiger partial charge is 0.451 e. The zero-order valence-electron chi connectivity index (χ0n) is 11.8. The molecule has 0 saturated carbocycles. The molecule has 3 heterocycles. The molecule has 2 aliphatic heterocycles. The number of aromatic nitrogens is 3. The van der Waals surface area contributed by atoms with Crippen molar-refractivity contribution in [3.05, 3.63) is 29.8 Å². The Balaban J connectivity index is 1.52. The summed E-state index contributed by atoms with van der Waals surface area (Å²) in [6.07, 6.45) is 4.89. The van der Waals surface area contributed by atoms with Crippen molar-refractivity contribution in [1.29, 1.82) is 0 Å². The molecule has 0 aliphatic carbocycles. The molecular weight excluding hydrogens is 268 g/mol. The fourth-order valence-corrected chi connectivity index (χ4v) is 2.95. The highest BCUT2D eigenvalue weighted by molar-refractivity contribution is 5.53. The van der Waals surface area contributed by atoms with Gasteiger partial charge in [0.2, 0.25) is 6.29 Å². The van der Waals surface area contributed by atoms with Crippen molar-refractivity contribution in [2.24, 2.45) is 0 Å². The molecule has 0 amide bonds. The van der Waals surface area contributed by atoms with Crippen LogP contribution in [0.3, 0.4) is 0 Å². The van der Waals surface area contributed by atoms with Gasteiger partial charge in [-0.25, -0.2) is 0 Å². The third kappa shape index (κ3) is 2.30. The van der Waals surface area contributed by atoms with Gasteiger partial charge in [0, 0.05) is 24.7 Å². The van der Waals surface area contributed by atoms with Gasteiger partial charge < -0.3 is 19.8 Å². The molecule has 1 atom stereocenters. The number of aryl methyl sites for hydroxylation is 1. The number of fused-ring (bicyclic) bond motifs is 2. The second-order valence-electron chi connectivity index (χ2n) is 5.57. The lowest BCUT2D eigenvalue weighted by atomic mass is 10.2. The lowest BCUT2D eigenvalue weighted by molar-refractivity contribution is 0.0476. The number of nitrogen functional groups attached to an aromatic ring is 1. The standard InChI is InChI=1S/C15H18N4O2/c16-10-5-6-11-12(8-10)21-15(20-11)9-14-18-17-13-4-2-1-3-7-19(13)14/h5-6,8,15H,1-4,7,9,16H2. The van der Waals surface area contributed by atoms with Gasteiger partial charge in [-0.05, 0) is 25.0 Å². The summed E-state index contributed by atoms with van der Waals surface area (Å²) in [5.41, 5.74) is 6.43. The van der Waals surface area contributed by atoms with Gasteiger partial charge in [-0.15, -0.1) is 10.2 Å². The normalized spacial score (nSPS) is 20.1. The van der Waals surface area contributed by atoms with E-state index in [2.05, 4.69) is 14.8 Å². The first-order chi connectivity index (χ1) is 10.3. The van der Waals surface area contributed by atoms with Crippen LogP contribution in [-0.2, 0) is 19.4 Å². The van der Waals surface area contributed by atoms with Gasteiger partial charge in [0.15, 0.2) is 11.5 Å². The average Bonchev–Trinajstić information content (AvgIpc) is 2.95. The topological polar surface area (TPSA) is 75.2 Å². The second-order valence-corrected chi connectivity index (χ2v) is 5.57. The molecule has 6 heteroatoms. The van der Waals surface area contributed by atoms with Crippen molar-refractivity contribution >= 4 is 5.69 Å². The minimum absolute atomic E-state index is 0.349. The van der Waals surface area contributed by atoms with E-state index in [0.717, 1.165) is 30.4 Å². The molecule has 21 heavy (non-hydrogen) atoms. The fraction of sp³-hybridized carbons (Fsp3) is 0.467. The summed E-state index contributed by atoms with van der Waals surface area (Å²) in [5, 5.41) is 8.62. The molecule has 4 rings (SSSR count). The van der Waals surface area contributed by atoms with Crippen LogP contribution in [0, 0.1) is 0 Å². The molecule has 110 valence electrons. The van der Waals surface area contributed by atoms with Crippen LogP contribution in [-0.4, -0.2) is 21.1 Å². The van der Waals surface area contributed by atoms with Crippen LogP contribution in [0.15, 0.2) is 18.2 Å². The Bertz CT molecular complexity index is 668. The Kier molecular flexibility index (Phi) is 2.94. The third-order valence-electron chi connectivity index (χ3n) is 4.02. The van der Waals surface area contributed by atoms with Crippen LogP contribution in [0.25, 0.3) is 0 Å². The summed E-state index contributed by atoms with van der Waals surface area (Å²) in [5.74, 6) is 3.47. The number of nitrogens with zero attached hydrogens (tertiary/aromatic N) is 3. The Labute approximate surface area is 122 Å². The van der Waals surface area contributed by atoms with E-state index in [1.54, 1.807) is 6.07 Å². The molecule has 0 bridgehead atoms. The van der Waals surface area contributed by atoms with E-state index in [0.29, 0.717) is 17.9 Å². The summed E-state index contributed by atoms with van der Waals surface area (Å²) in [7, 11) is 0. The smallest absolute Gasteiger partial charge is 0.248 e. The second kappa shape index (κ2) is 4.95. The van der Waals surface area contributed by atoms with E-state index in [-0.39, 0.29) is 6.29 Å². The van der Waals surface area contributed by atoms with Gasteiger partial charge in [-0.3, -0.25) is 0 Å². The van der Waals surface area contributed by atoms with Crippen LogP contribution in [0.2, 0.25) is 0 Å². The van der Waals surface area contributed by atoms with Crippen molar-refractivity contribution < 1.29 is 9.47 Å². The maximum atomic E-state index is 5.80. The molecule has 0 fully saturated rings. The molecule has 0 spiro atoms. The van der Waals surface area contributed by atoms with E-state index in [4.69, 9.17) is 15.2 Å². The van der Waals surface area contributed by atoms with E-state index in [1.807, 2.05) is 12.1 Å². The van der Waals surface area contributed by atoms with Gasteiger partial charge in [0.25, 0.3) is 0 Å². The lowest BCUT2D eigenvalue weighted by Crippen LogP contribution is -2.23. The number of hydrogen-bond acceptors (Lipinski definition) is 5. The molecule has 2 N–H and O–H groups in total. The zero-order valence-corrected chi connectivity index (χ0v) is 11.8. The molecular formula is C15H18N4O2. The van der Waals surface area contributed by atoms with Gasteiger partial charge in [0.05, 0.1) is 6.42 Å². The van der Waals surface area contributed by atoms with E-state index >= 15 is 0 Å².